The average molecular weight is 346 g/mol. The smallest absolute Gasteiger partial charge is 0.0552 e. The van der Waals surface area contributed by atoms with Crippen LogP contribution in [0.2, 0.25) is 0 Å². The van der Waals surface area contributed by atoms with Gasteiger partial charge in [0.2, 0.25) is 0 Å². The molecule has 24 heavy (non-hydrogen) atoms. The number of nitrogens with one attached hydrogen (secondary N) is 1. The molecule has 1 rings (SSSR count). The molecule has 0 aromatic carbocycles. The van der Waals surface area contributed by atoms with Gasteiger partial charge in [0.1, 0.15) is 0 Å². The van der Waals surface area contributed by atoms with Crippen molar-refractivity contribution in [2.24, 2.45) is 5.92 Å². The highest BCUT2D eigenvalue weighted by atomic mass is 16.3. The molecule has 0 spiro atoms. The summed E-state index contributed by atoms with van der Waals surface area (Å²) < 4.78 is 0. The number of unbranched alkanes of at least 4 members (excludes halogenated alkanes) is 2. The molecule has 0 amide bonds. The summed E-state index contributed by atoms with van der Waals surface area (Å²) in [6.07, 6.45) is 12.6. The fourth-order valence-corrected chi connectivity index (χ4v) is 2.25. The summed E-state index contributed by atoms with van der Waals surface area (Å²) in [7, 11) is 0. The van der Waals surface area contributed by atoms with Gasteiger partial charge < -0.3 is 10.4 Å². The largest absolute Gasteiger partial charge is 0.393 e. The Morgan fingerprint density at radius 3 is 1.75 bits per heavy atom. The van der Waals surface area contributed by atoms with Gasteiger partial charge in [-0.1, -0.05) is 100 Å². The van der Waals surface area contributed by atoms with Crippen LogP contribution in [-0.4, -0.2) is 23.8 Å². The van der Waals surface area contributed by atoms with Gasteiger partial charge in [0.25, 0.3) is 0 Å². The van der Waals surface area contributed by atoms with Crippen molar-refractivity contribution in [3.8, 4) is 0 Å². The highest BCUT2D eigenvalue weighted by Gasteiger charge is 2.18. The first-order chi connectivity index (χ1) is 11.5. The van der Waals surface area contributed by atoms with Crippen LogP contribution in [0.25, 0.3) is 0 Å². The number of hydrogen-bond donors (Lipinski definition) is 2. The minimum Gasteiger partial charge on any atom is -0.393 e. The van der Waals surface area contributed by atoms with Crippen LogP contribution in [0.4, 0.5) is 0 Å². The maximum atomic E-state index is 9.69. The zero-order chi connectivity index (χ0) is 19.2. The summed E-state index contributed by atoms with van der Waals surface area (Å²) in [5, 5.41) is 13.0. The molecule has 2 nitrogen and oxygen atoms in total. The molecule has 1 aliphatic rings. The first-order valence-electron chi connectivity index (χ1n) is 10.9. The molecule has 0 saturated heterocycles. The highest BCUT2D eigenvalue weighted by molar-refractivity contribution is 4.71. The second-order valence-electron chi connectivity index (χ2n) is 6.99. The van der Waals surface area contributed by atoms with E-state index in [0.29, 0.717) is 6.04 Å². The molecule has 2 N–H and O–H groups in total. The monoisotopic (exact) mass is 345 g/mol. The maximum Gasteiger partial charge on any atom is 0.0552 e. The topological polar surface area (TPSA) is 32.3 Å². The third kappa shape index (κ3) is 26.8. The summed E-state index contributed by atoms with van der Waals surface area (Å²) in [6, 6.07) is 0.536. The van der Waals surface area contributed by atoms with Crippen LogP contribution in [0.3, 0.4) is 0 Å². The van der Waals surface area contributed by atoms with E-state index < -0.39 is 0 Å². The Morgan fingerprint density at radius 2 is 1.46 bits per heavy atom. The van der Waals surface area contributed by atoms with E-state index in [1.54, 1.807) is 0 Å². The lowest BCUT2D eigenvalue weighted by Gasteiger charge is -2.26. The number of aliphatic hydroxyl groups is 1. The van der Waals surface area contributed by atoms with Crippen molar-refractivity contribution in [2.75, 3.05) is 6.54 Å². The molecule has 0 aliphatic heterocycles. The summed E-state index contributed by atoms with van der Waals surface area (Å²) >= 11 is 0. The number of hydrogen-bond acceptors (Lipinski definition) is 2. The molecule has 0 aromatic heterocycles. The van der Waals surface area contributed by atoms with Gasteiger partial charge in [0.05, 0.1) is 6.10 Å². The van der Waals surface area contributed by atoms with Gasteiger partial charge in [-0.15, -0.1) is 0 Å². The molecule has 150 valence electrons. The SMILES string of the molecule is CC.CC(C)NCCC(O)CCC1CCC1.CCC.CCCCC. The van der Waals surface area contributed by atoms with Crippen molar-refractivity contribution < 1.29 is 5.11 Å². The van der Waals surface area contributed by atoms with Crippen molar-refractivity contribution in [3.05, 3.63) is 0 Å². The Kier molecular flexibility index (Phi) is 30.1. The van der Waals surface area contributed by atoms with Crippen molar-refractivity contribution in [1.29, 1.82) is 0 Å². The van der Waals surface area contributed by atoms with Crippen molar-refractivity contribution in [2.45, 2.75) is 132 Å². The summed E-state index contributed by atoms with van der Waals surface area (Å²) in [6.45, 7) is 17.9. The summed E-state index contributed by atoms with van der Waals surface area (Å²) in [5.41, 5.74) is 0. The molecule has 0 bridgehead atoms. The minimum absolute atomic E-state index is 0.0816. The van der Waals surface area contributed by atoms with E-state index in [4.69, 9.17) is 0 Å². The Hall–Kier alpha value is -0.0800. The fraction of sp³-hybridized carbons (Fsp3) is 1.00. The minimum atomic E-state index is -0.0816. The Labute approximate surface area is 155 Å². The van der Waals surface area contributed by atoms with Crippen LogP contribution in [0.5, 0.6) is 0 Å². The van der Waals surface area contributed by atoms with Crippen molar-refractivity contribution >= 4 is 0 Å². The molecule has 1 unspecified atom stereocenters. The normalized spacial score (nSPS) is 14.2. The summed E-state index contributed by atoms with van der Waals surface area (Å²) in [5.74, 6) is 0.933. The molecule has 0 aromatic rings. The third-order valence-electron chi connectivity index (χ3n) is 3.87. The predicted molar refractivity (Wildman–Crippen MR) is 113 cm³/mol. The van der Waals surface area contributed by atoms with Gasteiger partial charge in [-0.3, -0.25) is 0 Å². The van der Waals surface area contributed by atoms with Gasteiger partial charge in [0.15, 0.2) is 0 Å². The lowest BCUT2D eigenvalue weighted by Crippen LogP contribution is -2.27. The second kappa shape index (κ2) is 25.2. The second-order valence-corrected chi connectivity index (χ2v) is 6.99. The molecule has 2 heteroatoms. The zero-order valence-corrected chi connectivity index (χ0v) is 18.5. The first-order valence-corrected chi connectivity index (χ1v) is 10.9. The molecule has 1 aliphatic carbocycles. The maximum absolute atomic E-state index is 9.69. The third-order valence-corrected chi connectivity index (χ3v) is 3.87. The van der Waals surface area contributed by atoms with Crippen LogP contribution in [0.15, 0.2) is 0 Å². The van der Waals surface area contributed by atoms with Crippen LogP contribution in [-0.2, 0) is 0 Å². The number of rotatable bonds is 9. The Morgan fingerprint density at radius 1 is 0.958 bits per heavy atom. The molecule has 0 radical (unpaired) electrons. The van der Waals surface area contributed by atoms with E-state index in [9.17, 15) is 5.11 Å². The van der Waals surface area contributed by atoms with Crippen molar-refractivity contribution in [3.63, 3.8) is 0 Å². The van der Waals surface area contributed by atoms with Crippen LogP contribution in [0, 0.1) is 5.92 Å². The Balaban J connectivity index is -0.000000368. The van der Waals surface area contributed by atoms with Gasteiger partial charge in [-0.05, 0) is 31.7 Å². The van der Waals surface area contributed by atoms with Crippen LogP contribution in [0.1, 0.15) is 120 Å². The fourth-order valence-electron chi connectivity index (χ4n) is 2.25. The van der Waals surface area contributed by atoms with Gasteiger partial charge in [-0.25, -0.2) is 0 Å². The van der Waals surface area contributed by atoms with E-state index in [0.717, 1.165) is 25.3 Å². The lowest BCUT2D eigenvalue weighted by molar-refractivity contribution is 0.134. The quantitative estimate of drug-likeness (QED) is 0.473. The van der Waals surface area contributed by atoms with E-state index in [-0.39, 0.29) is 6.10 Å². The Bertz CT molecular complexity index is 188. The zero-order valence-electron chi connectivity index (χ0n) is 18.5. The van der Waals surface area contributed by atoms with E-state index >= 15 is 0 Å². The average Bonchev–Trinajstić information content (AvgIpc) is 2.49. The molecule has 1 atom stereocenters. The summed E-state index contributed by atoms with van der Waals surface area (Å²) in [4.78, 5) is 0. The lowest BCUT2D eigenvalue weighted by atomic mass is 9.81. The van der Waals surface area contributed by atoms with E-state index in [1.807, 2.05) is 13.8 Å². The van der Waals surface area contributed by atoms with Crippen LogP contribution < -0.4 is 5.32 Å². The standard InChI is InChI=1S/C12H25NO.C5H12.C3H8.C2H6/c1-10(2)13-9-8-12(14)7-6-11-4-3-5-11;1-3-5-4-2;1-3-2;1-2/h10-14H,3-9H2,1-2H3;3-5H2,1-2H3;3H2,1-2H3;1-2H3. The number of aliphatic hydroxyl groups excluding tert-OH is 1. The molecule has 0 heterocycles. The van der Waals surface area contributed by atoms with Crippen molar-refractivity contribution in [1.82, 2.24) is 5.32 Å². The van der Waals surface area contributed by atoms with E-state index in [1.165, 1.54) is 51.4 Å². The molecule has 1 saturated carbocycles. The van der Waals surface area contributed by atoms with Gasteiger partial charge >= 0.3 is 0 Å². The first kappa shape index (κ1) is 28.7. The molecular weight excluding hydrogens is 294 g/mol. The van der Waals surface area contributed by atoms with Gasteiger partial charge in [0, 0.05) is 6.04 Å². The van der Waals surface area contributed by atoms with E-state index in [2.05, 4.69) is 46.9 Å². The highest BCUT2D eigenvalue weighted by Crippen LogP contribution is 2.30. The predicted octanol–water partition coefficient (Wildman–Crippen LogP) is 6.95. The molecule has 1 fully saturated rings. The molecular formula is C22H51NO. The van der Waals surface area contributed by atoms with Gasteiger partial charge in [-0.2, -0.15) is 0 Å². The van der Waals surface area contributed by atoms with Crippen LogP contribution >= 0.6 is 0 Å².